The predicted molar refractivity (Wildman–Crippen MR) is 110 cm³/mol. The molecule has 0 saturated carbocycles. The molecule has 154 valence electrons. The third-order valence-electron chi connectivity index (χ3n) is 5.97. The first kappa shape index (κ1) is 18.8. The smallest absolute Gasteiger partial charge is 0.343 e. The van der Waals surface area contributed by atoms with Crippen LogP contribution in [0.25, 0.3) is 22.3 Å². The number of hydrogen-bond donors (Lipinski definition) is 1. The first-order valence-electron chi connectivity index (χ1n) is 10.2. The summed E-state index contributed by atoms with van der Waals surface area (Å²) >= 11 is 0. The SMILES string of the molecule is CCCOc1cccc2nc3c(cc12)Cn1c-3cc2c(c1=O)COC(=O)[C@]2(O)CC. The number of esters is 1. The van der Waals surface area contributed by atoms with E-state index in [1.165, 1.54) is 0 Å². The summed E-state index contributed by atoms with van der Waals surface area (Å²) in [6, 6.07) is 9.47. The van der Waals surface area contributed by atoms with Crippen LogP contribution in [0.3, 0.4) is 0 Å². The van der Waals surface area contributed by atoms with Crippen LogP contribution in [-0.2, 0) is 28.3 Å². The van der Waals surface area contributed by atoms with Crippen LogP contribution in [0.5, 0.6) is 5.75 Å². The predicted octanol–water partition coefficient (Wildman–Crippen LogP) is 2.87. The monoisotopic (exact) mass is 406 g/mol. The maximum atomic E-state index is 13.2. The number of ether oxygens (including phenoxy) is 2. The van der Waals surface area contributed by atoms with Gasteiger partial charge < -0.3 is 19.1 Å². The maximum Gasteiger partial charge on any atom is 0.343 e. The van der Waals surface area contributed by atoms with Crippen molar-refractivity contribution in [3.8, 4) is 17.1 Å². The lowest BCUT2D eigenvalue weighted by Gasteiger charge is -2.31. The van der Waals surface area contributed by atoms with Gasteiger partial charge in [-0.05, 0) is 37.1 Å². The molecule has 0 spiro atoms. The van der Waals surface area contributed by atoms with Crippen molar-refractivity contribution in [1.82, 2.24) is 9.55 Å². The summed E-state index contributed by atoms with van der Waals surface area (Å²) in [5.74, 6) is 0.0517. The van der Waals surface area contributed by atoms with Crippen LogP contribution in [0.1, 0.15) is 43.4 Å². The summed E-state index contributed by atoms with van der Waals surface area (Å²) < 4.78 is 12.6. The molecule has 0 saturated heterocycles. The van der Waals surface area contributed by atoms with Gasteiger partial charge in [0.15, 0.2) is 5.60 Å². The third kappa shape index (κ3) is 2.51. The van der Waals surface area contributed by atoms with Gasteiger partial charge in [0, 0.05) is 16.5 Å². The molecule has 0 amide bonds. The Hall–Kier alpha value is -3.19. The van der Waals surface area contributed by atoms with E-state index in [0.717, 1.165) is 28.6 Å². The average Bonchev–Trinajstić information content (AvgIpc) is 3.11. The van der Waals surface area contributed by atoms with Crippen molar-refractivity contribution in [2.45, 2.75) is 45.4 Å². The summed E-state index contributed by atoms with van der Waals surface area (Å²) in [4.78, 5) is 30.3. The lowest BCUT2D eigenvalue weighted by molar-refractivity contribution is -0.172. The van der Waals surface area contributed by atoms with Crippen molar-refractivity contribution in [2.24, 2.45) is 0 Å². The standard InChI is InChI=1S/C23H22N2O5/c1-3-8-29-19-7-5-6-17-14(19)9-13-11-25-18(20(13)24-17)10-16-15(21(25)26)12-30-22(27)23(16,28)4-2/h5-7,9-10,28H,3-4,8,11-12H2,1-2H3/t23-/m0/s1. The van der Waals surface area contributed by atoms with E-state index in [2.05, 4.69) is 6.92 Å². The number of pyridine rings is 2. The summed E-state index contributed by atoms with van der Waals surface area (Å²) in [6.45, 7) is 4.61. The minimum atomic E-state index is -1.82. The largest absolute Gasteiger partial charge is 0.493 e. The zero-order valence-electron chi connectivity index (χ0n) is 16.9. The molecule has 4 heterocycles. The third-order valence-corrected chi connectivity index (χ3v) is 5.97. The second-order valence-electron chi connectivity index (χ2n) is 7.77. The second kappa shape index (κ2) is 6.67. The number of carbonyl (C=O) groups is 1. The molecule has 0 aliphatic carbocycles. The van der Waals surface area contributed by atoms with E-state index >= 15 is 0 Å². The fourth-order valence-electron chi connectivity index (χ4n) is 4.31. The van der Waals surface area contributed by atoms with Gasteiger partial charge in [-0.1, -0.05) is 19.9 Å². The van der Waals surface area contributed by atoms with Gasteiger partial charge in [0.2, 0.25) is 0 Å². The van der Waals surface area contributed by atoms with Crippen molar-refractivity contribution in [2.75, 3.05) is 6.61 Å². The van der Waals surface area contributed by atoms with Crippen LogP contribution >= 0.6 is 0 Å². The Morgan fingerprint density at radius 1 is 1.27 bits per heavy atom. The van der Waals surface area contributed by atoms with Crippen LogP contribution in [0.15, 0.2) is 35.1 Å². The van der Waals surface area contributed by atoms with Crippen molar-refractivity contribution >= 4 is 16.9 Å². The molecule has 1 atom stereocenters. The fraction of sp³-hybridized carbons (Fsp3) is 0.348. The van der Waals surface area contributed by atoms with E-state index in [1.54, 1.807) is 17.6 Å². The molecule has 0 radical (unpaired) electrons. The topological polar surface area (TPSA) is 90.7 Å². The fourth-order valence-corrected chi connectivity index (χ4v) is 4.31. The molecule has 30 heavy (non-hydrogen) atoms. The van der Waals surface area contributed by atoms with Crippen LogP contribution in [-0.4, -0.2) is 27.2 Å². The number of benzene rings is 1. The zero-order chi connectivity index (χ0) is 21.0. The molecule has 0 unspecified atom stereocenters. The van der Waals surface area contributed by atoms with Gasteiger partial charge in [-0.25, -0.2) is 9.78 Å². The van der Waals surface area contributed by atoms with E-state index in [9.17, 15) is 14.7 Å². The molecular formula is C23H22N2O5. The highest BCUT2D eigenvalue weighted by Crippen LogP contribution is 2.39. The van der Waals surface area contributed by atoms with Crippen LogP contribution in [0.2, 0.25) is 0 Å². The molecule has 2 aromatic heterocycles. The second-order valence-corrected chi connectivity index (χ2v) is 7.77. The highest BCUT2D eigenvalue weighted by molar-refractivity contribution is 5.89. The zero-order valence-corrected chi connectivity index (χ0v) is 16.9. The minimum Gasteiger partial charge on any atom is -0.493 e. The van der Waals surface area contributed by atoms with Crippen molar-refractivity contribution in [1.29, 1.82) is 0 Å². The van der Waals surface area contributed by atoms with Crippen molar-refractivity contribution in [3.05, 3.63) is 57.4 Å². The van der Waals surface area contributed by atoms with Crippen LogP contribution < -0.4 is 10.3 Å². The van der Waals surface area contributed by atoms with Gasteiger partial charge in [-0.15, -0.1) is 0 Å². The Balaban J connectivity index is 1.72. The Morgan fingerprint density at radius 2 is 2.10 bits per heavy atom. The average molecular weight is 406 g/mol. The van der Waals surface area contributed by atoms with Gasteiger partial charge in [0.1, 0.15) is 12.4 Å². The molecule has 1 N–H and O–H groups in total. The van der Waals surface area contributed by atoms with Crippen molar-refractivity contribution in [3.63, 3.8) is 0 Å². The maximum absolute atomic E-state index is 13.2. The van der Waals surface area contributed by atoms with Gasteiger partial charge in [0.25, 0.3) is 5.56 Å². The molecule has 7 heteroatoms. The number of rotatable bonds is 4. The number of carbonyl (C=O) groups excluding carboxylic acids is 1. The summed E-state index contributed by atoms with van der Waals surface area (Å²) in [6.07, 6.45) is 1.03. The van der Waals surface area contributed by atoms with E-state index in [4.69, 9.17) is 14.5 Å². The Morgan fingerprint density at radius 3 is 2.87 bits per heavy atom. The van der Waals surface area contributed by atoms with Gasteiger partial charge in [-0.3, -0.25) is 4.79 Å². The number of hydrogen-bond acceptors (Lipinski definition) is 6. The highest BCUT2D eigenvalue weighted by atomic mass is 16.6. The Bertz CT molecular complexity index is 1260. The Kier molecular flexibility index (Phi) is 4.18. The van der Waals surface area contributed by atoms with Gasteiger partial charge in [-0.2, -0.15) is 0 Å². The van der Waals surface area contributed by atoms with Crippen LogP contribution in [0, 0.1) is 0 Å². The molecule has 1 aromatic carbocycles. The number of aromatic nitrogens is 2. The molecule has 0 fully saturated rings. The van der Waals surface area contributed by atoms with E-state index in [0.29, 0.717) is 35.7 Å². The number of aliphatic hydroxyl groups is 1. The first-order chi connectivity index (χ1) is 14.5. The quantitative estimate of drug-likeness (QED) is 0.524. The number of fused-ring (bicyclic) bond motifs is 5. The molecule has 7 nitrogen and oxygen atoms in total. The molecule has 3 aromatic rings. The first-order valence-corrected chi connectivity index (χ1v) is 10.2. The lowest BCUT2D eigenvalue weighted by atomic mass is 9.86. The Labute approximate surface area is 172 Å². The normalized spacial score (nSPS) is 19.2. The lowest BCUT2D eigenvalue weighted by Crippen LogP contribution is -2.44. The van der Waals surface area contributed by atoms with Crippen LogP contribution in [0.4, 0.5) is 0 Å². The summed E-state index contributed by atoms with van der Waals surface area (Å²) in [7, 11) is 0. The number of cyclic esters (lactones) is 1. The molecule has 2 aliphatic rings. The number of nitrogens with zero attached hydrogens (tertiary/aromatic N) is 2. The molecule has 5 rings (SSSR count). The van der Waals surface area contributed by atoms with Crippen molar-refractivity contribution < 1.29 is 19.4 Å². The van der Waals surface area contributed by atoms with E-state index < -0.39 is 11.6 Å². The van der Waals surface area contributed by atoms with Gasteiger partial charge >= 0.3 is 5.97 Å². The molecular weight excluding hydrogens is 384 g/mol. The summed E-state index contributed by atoms with van der Waals surface area (Å²) in [5.41, 5.74) is 1.55. The van der Waals surface area contributed by atoms with E-state index in [-0.39, 0.29) is 18.6 Å². The minimum absolute atomic E-state index is 0.123. The molecule has 2 aliphatic heterocycles. The van der Waals surface area contributed by atoms with Gasteiger partial charge in [0.05, 0.1) is 35.6 Å². The highest BCUT2D eigenvalue weighted by Gasteiger charge is 2.45. The van der Waals surface area contributed by atoms with E-state index in [1.807, 2.05) is 24.3 Å². The molecule has 0 bridgehead atoms. The summed E-state index contributed by atoms with van der Waals surface area (Å²) in [5, 5.41) is 11.8.